The van der Waals surface area contributed by atoms with Crippen LogP contribution in [0.15, 0.2) is 48.5 Å². The molecule has 0 atom stereocenters. The first-order valence-corrected chi connectivity index (χ1v) is 6.48. The Kier molecular flexibility index (Phi) is 4.73. The van der Waals surface area contributed by atoms with Crippen LogP contribution in [0.5, 0.6) is 0 Å². The molecule has 0 saturated carbocycles. The first kappa shape index (κ1) is 13.1. The van der Waals surface area contributed by atoms with Gasteiger partial charge in [-0.2, -0.15) is 0 Å². The van der Waals surface area contributed by atoms with Crippen LogP contribution < -0.4 is 10.6 Å². The fourth-order valence-corrected chi connectivity index (χ4v) is 1.80. The standard InChI is InChI=1S/C14H14Cl2N2/c15-11-1-5-13(6-2-11)17-9-10-18-14-7-3-12(16)4-8-14/h1-8,17-18H,9-10H2. The van der Waals surface area contributed by atoms with Gasteiger partial charge in [0.2, 0.25) is 0 Å². The summed E-state index contributed by atoms with van der Waals surface area (Å²) in [4.78, 5) is 0. The molecule has 94 valence electrons. The molecule has 0 unspecified atom stereocenters. The Balaban J connectivity index is 1.73. The minimum atomic E-state index is 0.750. The molecule has 0 aliphatic rings. The van der Waals surface area contributed by atoms with E-state index in [1.165, 1.54) is 0 Å². The largest absolute Gasteiger partial charge is 0.383 e. The van der Waals surface area contributed by atoms with Crippen molar-refractivity contribution in [2.45, 2.75) is 0 Å². The summed E-state index contributed by atoms with van der Waals surface area (Å²) in [5.41, 5.74) is 2.13. The highest BCUT2D eigenvalue weighted by Gasteiger charge is 1.93. The normalized spacial score (nSPS) is 10.1. The van der Waals surface area contributed by atoms with Crippen LogP contribution in [-0.4, -0.2) is 13.1 Å². The Hall–Kier alpha value is -1.38. The van der Waals surface area contributed by atoms with Crippen LogP contribution in [0, 0.1) is 0 Å². The van der Waals surface area contributed by atoms with Gasteiger partial charge in [0, 0.05) is 34.5 Å². The van der Waals surface area contributed by atoms with Gasteiger partial charge < -0.3 is 10.6 Å². The molecule has 0 amide bonds. The second-order valence-corrected chi connectivity index (χ2v) is 4.74. The molecular weight excluding hydrogens is 267 g/mol. The molecule has 0 spiro atoms. The zero-order valence-electron chi connectivity index (χ0n) is 9.79. The molecule has 4 heteroatoms. The zero-order valence-corrected chi connectivity index (χ0v) is 11.3. The second kappa shape index (κ2) is 6.53. The highest BCUT2D eigenvalue weighted by atomic mass is 35.5. The second-order valence-electron chi connectivity index (χ2n) is 3.87. The van der Waals surface area contributed by atoms with Crippen LogP contribution in [0.1, 0.15) is 0 Å². The number of hydrogen-bond acceptors (Lipinski definition) is 2. The summed E-state index contributed by atoms with van der Waals surface area (Å²) >= 11 is 11.6. The molecule has 0 aliphatic heterocycles. The number of benzene rings is 2. The third-order valence-corrected chi connectivity index (χ3v) is 2.98. The predicted molar refractivity (Wildman–Crippen MR) is 79.9 cm³/mol. The molecule has 0 aromatic heterocycles. The van der Waals surface area contributed by atoms with Crippen molar-refractivity contribution in [1.82, 2.24) is 0 Å². The third kappa shape index (κ3) is 4.13. The van der Waals surface area contributed by atoms with Gasteiger partial charge in [0.05, 0.1) is 0 Å². The van der Waals surface area contributed by atoms with Crippen molar-refractivity contribution < 1.29 is 0 Å². The summed E-state index contributed by atoms with van der Waals surface area (Å²) in [5.74, 6) is 0. The average Bonchev–Trinajstić information content (AvgIpc) is 2.39. The lowest BCUT2D eigenvalue weighted by Crippen LogP contribution is -2.13. The summed E-state index contributed by atoms with van der Waals surface area (Å²) in [6, 6.07) is 15.3. The molecule has 0 aliphatic carbocycles. The summed E-state index contributed by atoms with van der Waals surface area (Å²) in [5, 5.41) is 8.11. The van der Waals surface area contributed by atoms with Crippen molar-refractivity contribution >= 4 is 34.6 Å². The molecule has 0 fully saturated rings. The number of nitrogens with one attached hydrogen (secondary N) is 2. The number of rotatable bonds is 5. The zero-order chi connectivity index (χ0) is 12.8. The SMILES string of the molecule is Clc1ccc(NCCNc2ccc(Cl)cc2)cc1. The lowest BCUT2D eigenvalue weighted by atomic mass is 10.3. The fourth-order valence-electron chi connectivity index (χ4n) is 1.55. The van der Waals surface area contributed by atoms with Gasteiger partial charge in [0.15, 0.2) is 0 Å². The molecule has 2 nitrogen and oxygen atoms in total. The van der Waals surface area contributed by atoms with Crippen LogP contribution in [0.25, 0.3) is 0 Å². The van der Waals surface area contributed by atoms with E-state index in [9.17, 15) is 0 Å². The Bertz CT molecular complexity index is 433. The molecule has 2 aromatic carbocycles. The molecule has 2 aromatic rings. The Morgan fingerprint density at radius 1 is 0.611 bits per heavy atom. The van der Waals surface area contributed by atoms with Crippen molar-refractivity contribution in [1.29, 1.82) is 0 Å². The molecule has 0 radical (unpaired) electrons. The molecular formula is C14H14Cl2N2. The summed E-state index contributed by atoms with van der Waals surface area (Å²) in [6.07, 6.45) is 0. The number of halogens is 2. The highest BCUT2D eigenvalue weighted by molar-refractivity contribution is 6.30. The number of hydrogen-bond donors (Lipinski definition) is 2. The molecule has 2 rings (SSSR count). The Morgan fingerprint density at radius 3 is 1.28 bits per heavy atom. The van der Waals surface area contributed by atoms with E-state index in [0.29, 0.717) is 0 Å². The molecule has 0 heterocycles. The van der Waals surface area contributed by atoms with E-state index < -0.39 is 0 Å². The third-order valence-electron chi connectivity index (χ3n) is 2.47. The quantitative estimate of drug-likeness (QED) is 0.787. The van der Waals surface area contributed by atoms with E-state index in [2.05, 4.69) is 10.6 Å². The predicted octanol–water partition coefficient (Wildman–Crippen LogP) is 4.52. The first-order valence-electron chi connectivity index (χ1n) is 5.73. The van der Waals surface area contributed by atoms with Gasteiger partial charge in [-0.05, 0) is 48.5 Å². The monoisotopic (exact) mass is 280 g/mol. The van der Waals surface area contributed by atoms with Gasteiger partial charge in [-0.1, -0.05) is 23.2 Å². The first-order chi connectivity index (χ1) is 8.74. The van der Waals surface area contributed by atoms with Crippen molar-refractivity contribution in [3.05, 3.63) is 58.6 Å². The van der Waals surface area contributed by atoms with Crippen LogP contribution in [0.2, 0.25) is 10.0 Å². The average molecular weight is 281 g/mol. The van der Waals surface area contributed by atoms with Crippen molar-refractivity contribution in [2.24, 2.45) is 0 Å². The van der Waals surface area contributed by atoms with Crippen molar-refractivity contribution in [2.75, 3.05) is 23.7 Å². The van der Waals surface area contributed by atoms with Gasteiger partial charge in [0.1, 0.15) is 0 Å². The van der Waals surface area contributed by atoms with Gasteiger partial charge in [-0.3, -0.25) is 0 Å². The highest BCUT2D eigenvalue weighted by Crippen LogP contribution is 2.14. The molecule has 0 saturated heterocycles. The fraction of sp³-hybridized carbons (Fsp3) is 0.143. The lowest BCUT2D eigenvalue weighted by molar-refractivity contribution is 1.08. The van der Waals surface area contributed by atoms with Crippen molar-refractivity contribution in [3.8, 4) is 0 Å². The maximum Gasteiger partial charge on any atom is 0.0407 e. The van der Waals surface area contributed by atoms with Crippen molar-refractivity contribution in [3.63, 3.8) is 0 Å². The van der Waals surface area contributed by atoms with E-state index in [1.54, 1.807) is 0 Å². The van der Waals surface area contributed by atoms with Gasteiger partial charge in [-0.15, -0.1) is 0 Å². The summed E-state index contributed by atoms with van der Waals surface area (Å²) < 4.78 is 0. The summed E-state index contributed by atoms with van der Waals surface area (Å²) in [6.45, 7) is 1.68. The van der Waals surface area contributed by atoms with Crippen LogP contribution >= 0.6 is 23.2 Å². The van der Waals surface area contributed by atoms with Gasteiger partial charge >= 0.3 is 0 Å². The van der Waals surface area contributed by atoms with Crippen LogP contribution in [0.4, 0.5) is 11.4 Å². The molecule has 0 bridgehead atoms. The minimum absolute atomic E-state index is 0.750. The Morgan fingerprint density at radius 2 is 0.944 bits per heavy atom. The van der Waals surface area contributed by atoms with E-state index in [-0.39, 0.29) is 0 Å². The maximum atomic E-state index is 5.81. The van der Waals surface area contributed by atoms with Gasteiger partial charge in [-0.25, -0.2) is 0 Å². The van der Waals surface area contributed by atoms with Crippen LogP contribution in [-0.2, 0) is 0 Å². The smallest absolute Gasteiger partial charge is 0.0407 e. The van der Waals surface area contributed by atoms with E-state index in [0.717, 1.165) is 34.5 Å². The summed E-state index contributed by atoms with van der Waals surface area (Å²) in [7, 11) is 0. The lowest BCUT2D eigenvalue weighted by Gasteiger charge is -2.09. The van der Waals surface area contributed by atoms with E-state index >= 15 is 0 Å². The van der Waals surface area contributed by atoms with E-state index in [4.69, 9.17) is 23.2 Å². The molecule has 18 heavy (non-hydrogen) atoms. The Labute approximate surface area is 117 Å². The number of anilines is 2. The maximum absolute atomic E-state index is 5.81. The minimum Gasteiger partial charge on any atom is -0.383 e. The topological polar surface area (TPSA) is 24.1 Å². The van der Waals surface area contributed by atoms with E-state index in [1.807, 2.05) is 48.5 Å². The molecule has 2 N–H and O–H groups in total. The van der Waals surface area contributed by atoms with Gasteiger partial charge in [0.25, 0.3) is 0 Å². The van der Waals surface area contributed by atoms with Crippen LogP contribution in [0.3, 0.4) is 0 Å².